The van der Waals surface area contributed by atoms with Crippen molar-refractivity contribution in [2.24, 2.45) is 0 Å². The van der Waals surface area contributed by atoms with E-state index in [0.29, 0.717) is 36.1 Å². The molecule has 2 amide bonds. The van der Waals surface area contributed by atoms with Crippen molar-refractivity contribution in [1.82, 2.24) is 4.90 Å². The number of hydrogen-bond donors (Lipinski definition) is 0. The maximum absolute atomic E-state index is 12.4. The quantitative estimate of drug-likeness (QED) is 0.532. The third-order valence-corrected chi connectivity index (χ3v) is 6.58. The second-order valence-electron chi connectivity index (χ2n) is 6.13. The van der Waals surface area contributed by atoms with Gasteiger partial charge in [-0.3, -0.25) is 14.5 Å². The Balaban J connectivity index is 1.77. The molecule has 1 aliphatic rings. The van der Waals surface area contributed by atoms with Crippen molar-refractivity contribution in [2.75, 3.05) is 13.7 Å². The van der Waals surface area contributed by atoms with Crippen molar-refractivity contribution in [2.45, 2.75) is 25.2 Å². The predicted octanol–water partition coefficient (Wildman–Crippen LogP) is 5.32. The summed E-state index contributed by atoms with van der Waals surface area (Å²) in [7, 11) is 1.56. The summed E-state index contributed by atoms with van der Waals surface area (Å²) in [5.41, 5.74) is 1.75. The summed E-state index contributed by atoms with van der Waals surface area (Å²) in [4.78, 5) is 25.6. The average molecular weight is 485 g/mol. The third kappa shape index (κ3) is 4.47. The van der Waals surface area contributed by atoms with E-state index in [1.165, 1.54) is 4.90 Å². The van der Waals surface area contributed by atoms with Gasteiger partial charge in [-0.1, -0.05) is 57.5 Å². The smallest absolute Gasteiger partial charge is 0.289 e. The van der Waals surface area contributed by atoms with Gasteiger partial charge in [-0.15, -0.1) is 0 Å². The number of benzene rings is 2. The van der Waals surface area contributed by atoms with Crippen LogP contribution < -0.4 is 9.47 Å². The minimum atomic E-state index is -0.427. The molecule has 1 atom stereocenters. The van der Waals surface area contributed by atoms with Crippen molar-refractivity contribution in [3.63, 3.8) is 0 Å². The number of hydrogen-bond acceptors (Lipinski definition) is 5. The van der Waals surface area contributed by atoms with Crippen LogP contribution in [0.25, 0.3) is 0 Å². The van der Waals surface area contributed by atoms with Crippen LogP contribution in [0.4, 0.5) is 4.79 Å². The van der Waals surface area contributed by atoms with Crippen molar-refractivity contribution in [3.05, 3.63) is 57.0 Å². The Morgan fingerprint density at radius 3 is 2.57 bits per heavy atom. The topological polar surface area (TPSA) is 55.8 Å². The first kappa shape index (κ1) is 21.0. The van der Waals surface area contributed by atoms with Gasteiger partial charge in [0.1, 0.15) is 6.61 Å². The minimum Gasteiger partial charge on any atom is -0.493 e. The molecule has 2 aromatic rings. The Morgan fingerprint density at radius 1 is 1.18 bits per heavy atom. The van der Waals surface area contributed by atoms with Gasteiger partial charge in [0, 0.05) is 21.6 Å². The molecule has 1 aliphatic heterocycles. The molecule has 2 aromatic carbocycles. The second-order valence-corrected chi connectivity index (χ2v) is 8.55. The molecule has 1 heterocycles. The molecule has 1 fully saturated rings. The number of nitrogens with zero attached hydrogens (tertiary/aromatic N) is 1. The lowest BCUT2D eigenvalue weighted by molar-refractivity contribution is -0.126. The fraction of sp³-hybridized carbons (Fsp3) is 0.300. The molecule has 148 valence electrons. The fourth-order valence-corrected chi connectivity index (χ4v) is 4.65. The molecular formula is C20H19BrClNO4S. The normalized spacial score (nSPS) is 16.6. The van der Waals surface area contributed by atoms with E-state index < -0.39 is 5.25 Å². The lowest BCUT2D eigenvalue weighted by atomic mass is 10.1. The van der Waals surface area contributed by atoms with E-state index >= 15 is 0 Å². The summed E-state index contributed by atoms with van der Waals surface area (Å²) in [6, 6.07) is 11.1. The predicted molar refractivity (Wildman–Crippen MR) is 114 cm³/mol. The second kappa shape index (κ2) is 9.20. The third-order valence-electron chi connectivity index (χ3n) is 4.40. The van der Waals surface area contributed by atoms with Gasteiger partial charge in [-0.05, 0) is 37.1 Å². The van der Waals surface area contributed by atoms with Gasteiger partial charge < -0.3 is 9.47 Å². The molecule has 0 radical (unpaired) electrons. The first-order chi connectivity index (χ1) is 13.4. The zero-order valence-electron chi connectivity index (χ0n) is 15.4. The standard InChI is InChI=1S/C20H19BrClNO4S/c1-3-23-19(24)18(28-20(23)25)9-13-8-16(26-2)17(10-14(13)21)27-11-12-6-4-5-7-15(12)22/h4-8,10,18H,3,9,11H2,1-2H3/t18-/m0/s1. The van der Waals surface area contributed by atoms with E-state index in [1.54, 1.807) is 14.0 Å². The van der Waals surface area contributed by atoms with Crippen molar-refractivity contribution in [3.8, 4) is 11.5 Å². The van der Waals surface area contributed by atoms with Gasteiger partial charge in [0.15, 0.2) is 11.5 Å². The van der Waals surface area contributed by atoms with E-state index in [4.69, 9.17) is 21.1 Å². The van der Waals surface area contributed by atoms with Gasteiger partial charge in [-0.25, -0.2) is 0 Å². The number of halogens is 2. The summed E-state index contributed by atoms with van der Waals surface area (Å²) in [6.45, 7) is 2.49. The molecule has 0 aromatic heterocycles. The SMILES string of the molecule is CCN1C(=O)S[C@@H](Cc2cc(OC)c(OCc3ccccc3Cl)cc2Br)C1=O. The van der Waals surface area contributed by atoms with Crippen LogP contribution in [0, 0.1) is 0 Å². The van der Waals surface area contributed by atoms with Gasteiger partial charge in [-0.2, -0.15) is 0 Å². The largest absolute Gasteiger partial charge is 0.493 e. The Kier molecular flexibility index (Phi) is 6.91. The molecule has 0 aliphatic carbocycles. The van der Waals surface area contributed by atoms with E-state index in [2.05, 4.69) is 15.9 Å². The molecule has 3 rings (SSSR count). The Hall–Kier alpha value is -1.70. The minimum absolute atomic E-state index is 0.151. The van der Waals surface area contributed by atoms with Crippen LogP contribution in [0.1, 0.15) is 18.1 Å². The van der Waals surface area contributed by atoms with E-state index in [-0.39, 0.29) is 11.1 Å². The highest BCUT2D eigenvalue weighted by Gasteiger charge is 2.38. The van der Waals surface area contributed by atoms with Gasteiger partial charge >= 0.3 is 0 Å². The van der Waals surface area contributed by atoms with E-state index in [0.717, 1.165) is 27.4 Å². The first-order valence-corrected chi connectivity index (χ1v) is 10.7. The van der Waals surface area contributed by atoms with Gasteiger partial charge in [0.05, 0.1) is 12.4 Å². The van der Waals surface area contributed by atoms with E-state index in [9.17, 15) is 9.59 Å². The van der Waals surface area contributed by atoms with Crippen LogP contribution in [0.15, 0.2) is 40.9 Å². The summed E-state index contributed by atoms with van der Waals surface area (Å²) in [5, 5.41) is 0.0164. The number of carbonyl (C=O) groups excluding carboxylic acids is 2. The van der Waals surface area contributed by atoms with Crippen LogP contribution in [-0.4, -0.2) is 35.0 Å². The Morgan fingerprint density at radius 2 is 1.93 bits per heavy atom. The fourth-order valence-electron chi connectivity index (χ4n) is 2.89. The molecular weight excluding hydrogens is 466 g/mol. The van der Waals surface area contributed by atoms with Crippen LogP contribution in [0.3, 0.4) is 0 Å². The molecule has 0 bridgehead atoms. The molecule has 0 N–H and O–H groups in total. The molecule has 28 heavy (non-hydrogen) atoms. The first-order valence-electron chi connectivity index (χ1n) is 8.69. The number of rotatable bonds is 7. The van der Waals surface area contributed by atoms with Crippen LogP contribution >= 0.6 is 39.3 Å². The highest BCUT2D eigenvalue weighted by Crippen LogP contribution is 2.37. The molecule has 1 saturated heterocycles. The lowest BCUT2D eigenvalue weighted by Gasteiger charge is -2.16. The van der Waals surface area contributed by atoms with Crippen molar-refractivity contribution in [1.29, 1.82) is 0 Å². The number of methoxy groups -OCH3 is 1. The monoisotopic (exact) mass is 483 g/mol. The van der Waals surface area contributed by atoms with Crippen molar-refractivity contribution < 1.29 is 19.1 Å². The molecule has 5 nitrogen and oxygen atoms in total. The zero-order valence-corrected chi connectivity index (χ0v) is 18.6. The summed E-state index contributed by atoms with van der Waals surface area (Å²) < 4.78 is 12.2. The molecule has 0 unspecified atom stereocenters. The average Bonchev–Trinajstić information content (AvgIpc) is 2.95. The highest BCUT2D eigenvalue weighted by atomic mass is 79.9. The van der Waals surface area contributed by atoms with E-state index in [1.807, 2.05) is 36.4 Å². The number of carbonyl (C=O) groups is 2. The summed E-state index contributed by atoms with van der Waals surface area (Å²) >= 11 is 10.8. The number of amides is 2. The summed E-state index contributed by atoms with van der Waals surface area (Å²) in [5.74, 6) is 0.969. The maximum Gasteiger partial charge on any atom is 0.289 e. The Labute approximate surface area is 181 Å². The highest BCUT2D eigenvalue weighted by molar-refractivity contribution is 9.10. The number of thioether (sulfide) groups is 1. The summed E-state index contributed by atoms with van der Waals surface area (Å²) in [6.07, 6.45) is 0.424. The van der Waals surface area contributed by atoms with Crippen LogP contribution in [0.2, 0.25) is 5.02 Å². The maximum atomic E-state index is 12.4. The Bertz CT molecular complexity index is 908. The zero-order chi connectivity index (χ0) is 20.3. The number of ether oxygens (including phenoxy) is 2. The molecule has 0 saturated carbocycles. The van der Waals surface area contributed by atoms with Crippen molar-refractivity contribution >= 4 is 50.4 Å². The van der Waals surface area contributed by atoms with Gasteiger partial charge in [0.25, 0.3) is 5.24 Å². The van der Waals surface area contributed by atoms with Gasteiger partial charge in [0.2, 0.25) is 5.91 Å². The van der Waals surface area contributed by atoms with Crippen LogP contribution in [0.5, 0.6) is 11.5 Å². The lowest BCUT2D eigenvalue weighted by Crippen LogP contribution is -2.31. The number of imide groups is 1. The molecule has 8 heteroatoms. The van der Waals surface area contributed by atoms with Crippen LogP contribution in [-0.2, 0) is 17.8 Å². The molecule has 0 spiro atoms.